The van der Waals surface area contributed by atoms with Crippen molar-refractivity contribution in [3.8, 4) is 0 Å². The second kappa shape index (κ2) is 16.4. The predicted octanol–water partition coefficient (Wildman–Crippen LogP) is -0.190. The van der Waals surface area contributed by atoms with Crippen molar-refractivity contribution in [1.29, 1.82) is 0 Å². The van der Waals surface area contributed by atoms with Crippen LogP contribution >= 0.6 is 0 Å². The van der Waals surface area contributed by atoms with Gasteiger partial charge in [0.15, 0.2) is 12.2 Å². The van der Waals surface area contributed by atoms with Gasteiger partial charge in [0.2, 0.25) is 5.91 Å². The maximum Gasteiger partial charge on any atom is 0.379 e. The Morgan fingerprint density at radius 1 is 0.810 bits per heavy atom. The van der Waals surface area contributed by atoms with E-state index in [0.29, 0.717) is 0 Å². The highest BCUT2D eigenvalue weighted by molar-refractivity contribution is 5.82. The van der Waals surface area contributed by atoms with Crippen LogP contribution in [0, 0.1) is 0 Å². The van der Waals surface area contributed by atoms with E-state index in [1.54, 1.807) is 0 Å². The van der Waals surface area contributed by atoms with Crippen LogP contribution in [-0.4, -0.2) is 97.0 Å². The highest BCUT2D eigenvalue weighted by atomic mass is 16.8. The second-order valence-electron chi connectivity index (χ2n) is 9.47. The number of hydrogen-bond donors (Lipinski definition) is 1. The fourth-order valence-electron chi connectivity index (χ4n) is 4.18. The fraction of sp³-hybridized carbons (Fsp3) is 0.692. The second-order valence-corrected chi connectivity index (χ2v) is 9.47. The van der Waals surface area contributed by atoms with Gasteiger partial charge in [-0.25, -0.2) is 4.79 Å². The molecule has 1 fully saturated rings. The number of esters is 6. The molecule has 0 aromatic rings. The van der Waals surface area contributed by atoms with E-state index in [4.69, 9.17) is 33.2 Å². The summed E-state index contributed by atoms with van der Waals surface area (Å²) in [7, 11) is 0. The van der Waals surface area contributed by atoms with Gasteiger partial charge >= 0.3 is 41.6 Å². The number of Topliss-reactive ketones (excluding diaryl/α,β-unsaturated/α-hetero) is 1. The van der Waals surface area contributed by atoms with Crippen molar-refractivity contribution in [3.63, 3.8) is 0 Å². The molecule has 1 aliphatic rings. The summed E-state index contributed by atoms with van der Waals surface area (Å²) in [5.41, 5.74) is 0. The van der Waals surface area contributed by atoms with Crippen LogP contribution in [-0.2, 0) is 71.5 Å². The minimum Gasteiger partial charge on any atom is -0.462 e. The smallest absolute Gasteiger partial charge is 0.379 e. The molecule has 0 spiro atoms. The van der Waals surface area contributed by atoms with Crippen molar-refractivity contribution < 1.29 is 71.5 Å². The molecule has 1 heterocycles. The lowest BCUT2D eigenvalue weighted by molar-refractivity contribution is -0.305. The minimum atomic E-state index is -2.64. The third kappa shape index (κ3) is 11.8. The maximum absolute atomic E-state index is 13.4. The molecular formula is C26H37NO15. The zero-order valence-corrected chi connectivity index (χ0v) is 24.5. The average molecular weight is 604 g/mol. The van der Waals surface area contributed by atoms with E-state index >= 15 is 0 Å². The molecule has 1 rings (SSSR count). The van der Waals surface area contributed by atoms with E-state index in [0.717, 1.165) is 41.5 Å². The summed E-state index contributed by atoms with van der Waals surface area (Å²) in [6.45, 7) is 6.55. The Bertz CT molecular complexity index is 1060. The topological polar surface area (TPSA) is 213 Å². The van der Waals surface area contributed by atoms with E-state index in [-0.39, 0.29) is 25.2 Å². The van der Waals surface area contributed by atoms with Crippen LogP contribution in [0.25, 0.3) is 0 Å². The lowest BCUT2D eigenvalue weighted by Gasteiger charge is -2.48. The zero-order chi connectivity index (χ0) is 32.2. The molecule has 0 aliphatic carbocycles. The van der Waals surface area contributed by atoms with Crippen LogP contribution in [0.15, 0.2) is 0 Å². The van der Waals surface area contributed by atoms with Gasteiger partial charge in [0.25, 0.3) is 0 Å². The van der Waals surface area contributed by atoms with Gasteiger partial charge < -0.3 is 43.3 Å². The Kier molecular flexibility index (Phi) is 14.0. The molecule has 6 atom stereocenters. The maximum atomic E-state index is 13.4. The summed E-state index contributed by atoms with van der Waals surface area (Å²) in [6, 6.07) is -1.40. The Morgan fingerprint density at radius 2 is 1.43 bits per heavy atom. The molecule has 0 saturated carbocycles. The number of ether oxygens (including phenoxy) is 7. The Morgan fingerprint density at radius 3 is 1.90 bits per heavy atom. The van der Waals surface area contributed by atoms with Gasteiger partial charge in [0.1, 0.15) is 24.6 Å². The molecule has 0 unspecified atom stereocenters. The molecular weight excluding hydrogens is 566 g/mol. The molecule has 1 aliphatic heterocycles. The first-order valence-electron chi connectivity index (χ1n) is 12.9. The van der Waals surface area contributed by atoms with Crippen molar-refractivity contribution in [2.24, 2.45) is 0 Å². The van der Waals surface area contributed by atoms with Crippen LogP contribution in [0.5, 0.6) is 0 Å². The van der Waals surface area contributed by atoms with Crippen LogP contribution in [0.1, 0.15) is 67.7 Å². The van der Waals surface area contributed by atoms with E-state index in [2.05, 4.69) is 5.32 Å². The first-order valence-corrected chi connectivity index (χ1v) is 12.9. The van der Waals surface area contributed by atoms with E-state index in [1.165, 1.54) is 6.92 Å². The summed E-state index contributed by atoms with van der Waals surface area (Å²) in [6.07, 6.45) is -7.05. The summed E-state index contributed by atoms with van der Waals surface area (Å²) in [4.78, 5) is 96.9. The first kappa shape index (κ1) is 35.9. The first-order chi connectivity index (χ1) is 19.5. The highest BCUT2D eigenvalue weighted by Crippen LogP contribution is 2.37. The normalized spacial score (nSPS) is 22.8. The third-order valence-electron chi connectivity index (χ3n) is 5.52. The number of rotatable bonds is 14. The molecule has 16 nitrogen and oxygen atoms in total. The molecule has 42 heavy (non-hydrogen) atoms. The van der Waals surface area contributed by atoms with E-state index in [1.807, 2.05) is 0 Å². The molecule has 0 aromatic carbocycles. The van der Waals surface area contributed by atoms with E-state index in [9.17, 15) is 38.4 Å². The molecule has 1 saturated heterocycles. The van der Waals surface area contributed by atoms with Gasteiger partial charge in [-0.2, -0.15) is 0 Å². The highest BCUT2D eigenvalue weighted by Gasteiger charge is 2.60. The van der Waals surface area contributed by atoms with Crippen molar-refractivity contribution in [1.82, 2.24) is 5.32 Å². The standard InChI is InChI=1S/C26H37NO15/c1-13(28)9-8-10-36-25(35)26(41-19(7)34)11-20(38-16(4)31)22(27-14(2)29)24(42-26)23(40-18(6)33)21(39-17(5)32)12-37-15(3)30/h20-24H,8-12H2,1-7H3,(H,27,29)/t20-,21+,22+,23+,24+,26-/m0/s1. The molecule has 0 aromatic heterocycles. The summed E-state index contributed by atoms with van der Waals surface area (Å²) in [5, 5.41) is 2.50. The molecule has 16 heteroatoms. The molecule has 0 radical (unpaired) electrons. The fourth-order valence-corrected chi connectivity index (χ4v) is 4.18. The number of amides is 1. The van der Waals surface area contributed by atoms with Crippen LogP contribution in [0.4, 0.5) is 0 Å². The lowest BCUT2D eigenvalue weighted by atomic mass is 9.88. The van der Waals surface area contributed by atoms with Crippen molar-refractivity contribution >= 4 is 47.5 Å². The van der Waals surface area contributed by atoms with Crippen LogP contribution in [0.3, 0.4) is 0 Å². The van der Waals surface area contributed by atoms with Crippen LogP contribution in [0.2, 0.25) is 0 Å². The largest absolute Gasteiger partial charge is 0.462 e. The van der Waals surface area contributed by atoms with Gasteiger partial charge in [-0.1, -0.05) is 0 Å². The number of ketones is 1. The minimum absolute atomic E-state index is 0.0761. The molecule has 0 bridgehead atoms. The van der Waals surface area contributed by atoms with Gasteiger partial charge in [-0.3, -0.25) is 28.8 Å². The van der Waals surface area contributed by atoms with Gasteiger partial charge in [0, 0.05) is 48.0 Å². The average Bonchev–Trinajstić information content (AvgIpc) is 2.82. The predicted molar refractivity (Wildman–Crippen MR) is 136 cm³/mol. The van der Waals surface area contributed by atoms with E-state index < -0.39 is 91.0 Å². The molecule has 1 amide bonds. The van der Waals surface area contributed by atoms with Gasteiger partial charge in [0.05, 0.1) is 19.1 Å². The monoisotopic (exact) mass is 603 g/mol. The third-order valence-corrected chi connectivity index (χ3v) is 5.52. The quantitative estimate of drug-likeness (QED) is 0.155. The summed E-state index contributed by atoms with van der Waals surface area (Å²) in [5.74, 6) is -9.30. The number of nitrogens with one attached hydrogen (secondary N) is 1. The van der Waals surface area contributed by atoms with Crippen molar-refractivity contribution in [3.05, 3.63) is 0 Å². The summed E-state index contributed by atoms with van der Waals surface area (Å²) < 4.78 is 37.5. The lowest BCUT2D eigenvalue weighted by Crippen LogP contribution is -2.69. The van der Waals surface area contributed by atoms with Gasteiger partial charge in [-0.05, 0) is 13.3 Å². The Labute approximate surface area is 241 Å². The van der Waals surface area contributed by atoms with Crippen molar-refractivity contribution in [2.75, 3.05) is 13.2 Å². The SMILES string of the molecule is CC(=O)CCCOC(=O)[C@]1(OC(C)=O)C[C@H](OC(C)=O)[C@@H](NC(C)=O)[C@H]([C@H](OC(C)=O)[C@@H](COC(C)=O)OC(C)=O)O1. The zero-order valence-electron chi connectivity index (χ0n) is 24.5. The Balaban J connectivity index is 3.80. The summed E-state index contributed by atoms with van der Waals surface area (Å²) >= 11 is 0. The Hall–Kier alpha value is -4.08. The van der Waals surface area contributed by atoms with Gasteiger partial charge in [-0.15, -0.1) is 0 Å². The number of carbonyl (C=O) groups excluding carboxylic acids is 8. The molecule has 1 N–H and O–H groups in total. The molecule has 236 valence electrons. The number of carbonyl (C=O) groups is 8. The van der Waals surface area contributed by atoms with Crippen LogP contribution < -0.4 is 5.32 Å². The number of hydrogen-bond acceptors (Lipinski definition) is 15. The van der Waals surface area contributed by atoms with Crippen molar-refractivity contribution in [2.45, 2.75) is 104 Å².